The number of halogens is 2. The second kappa shape index (κ2) is 8.69. The summed E-state index contributed by atoms with van der Waals surface area (Å²) in [6, 6.07) is 5.67. The predicted octanol–water partition coefficient (Wildman–Crippen LogP) is 1.76. The minimum absolute atomic E-state index is 0.0133. The van der Waals surface area contributed by atoms with Crippen LogP contribution in [0.3, 0.4) is 0 Å². The summed E-state index contributed by atoms with van der Waals surface area (Å²) in [5.74, 6) is -1.26. The molecule has 1 aliphatic heterocycles. The molecule has 156 valence electrons. The molecule has 1 amide bonds. The molecule has 6 N–H and O–H groups in total. The first-order valence-corrected chi connectivity index (χ1v) is 9.59. The van der Waals surface area contributed by atoms with Crippen molar-refractivity contribution in [3.05, 3.63) is 41.9 Å². The lowest BCUT2D eigenvalue weighted by Gasteiger charge is -2.46. The van der Waals surface area contributed by atoms with Crippen LogP contribution in [0.25, 0.3) is 0 Å². The van der Waals surface area contributed by atoms with E-state index >= 15 is 0 Å². The van der Waals surface area contributed by atoms with Gasteiger partial charge in [-0.25, -0.2) is 13.8 Å². The highest BCUT2D eigenvalue weighted by molar-refractivity contribution is 6.20. The summed E-state index contributed by atoms with van der Waals surface area (Å²) in [6.45, 7) is 0.968. The van der Waals surface area contributed by atoms with Crippen molar-refractivity contribution in [2.45, 2.75) is 43.4 Å². The van der Waals surface area contributed by atoms with Gasteiger partial charge in [0.1, 0.15) is 17.8 Å². The Hall–Kier alpha value is -2.81. The molecule has 0 radical (unpaired) electrons. The lowest BCUT2D eigenvalue weighted by molar-refractivity contribution is -0.114. The monoisotopic (exact) mass is 404 g/mol. The van der Waals surface area contributed by atoms with Crippen molar-refractivity contribution in [1.82, 2.24) is 10.2 Å². The van der Waals surface area contributed by atoms with E-state index in [0.29, 0.717) is 37.7 Å². The molecule has 29 heavy (non-hydrogen) atoms. The zero-order chi connectivity index (χ0) is 21.0. The SMILES string of the molecule is N=CC1(N/C=C(/C(N)=O)C(N)=Nc2ccc(F)cc2)CCC(N2CC(F)C2)CC1. The quantitative estimate of drug-likeness (QED) is 0.314. The number of nitrogens with two attached hydrogens (primary N) is 2. The predicted molar refractivity (Wildman–Crippen MR) is 108 cm³/mol. The van der Waals surface area contributed by atoms with Crippen molar-refractivity contribution in [1.29, 1.82) is 5.41 Å². The molecule has 2 aliphatic rings. The first-order chi connectivity index (χ1) is 13.8. The lowest BCUT2D eigenvalue weighted by Crippen LogP contribution is -2.57. The highest BCUT2D eigenvalue weighted by Gasteiger charge is 2.39. The number of likely N-dealkylation sites (tertiary alicyclic amines) is 1. The van der Waals surface area contributed by atoms with Crippen molar-refractivity contribution < 1.29 is 13.6 Å². The summed E-state index contributed by atoms with van der Waals surface area (Å²) in [5.41, 5.74) is 11.1. The summed E-state index contributed by atoms with van der Waals surface area (Å²) in [5, 5.41) is 11.0. The Bertz CT molecular complexity index is 809. The molecule has 0 bridgehead atoms. The fourth-order valence-electron chi connectivity index (χ4n) is 3.77. The zero-order valence-corrected chi connectivity index (χ0v) is 16.1. The van der Waals surface area contributed by atoms with Gasteiger partial charge in [-0.1, -0.05) is 0 Å². The molecule has 1 heterocycles. The number of alkyl halides is 1. The van der Waals surface area contributed by atoms with E-state index in [1.54, 1.807) is 0 Å². The minimum Gasteiger partial charge on any atom is -0.383 e. The van der Waals surface area contributed by atoms with Crippen LogP contribution in [0.2, 0.25) is 0 Å². The molecule has 9 heteroatoms. The number of hydrogen-bond acceptors (Lipinski definition) is 5. The van der Waals surface area contributed by atoms with Crippen molar-refractivity contribution in [2.24, 2.45) is 16.5 Å². The summed E-state index contributed by atoms with van der Waals surface area (Å²) < 4.78 is 26.1. The van der Waals surface area contributed by atoms with Crippen LogP contribution in [0, 0.1) is 11.2 Å². The first-order valence-electron chi connectivity index (χ1n) is 9.59. The fraction of sp³-hybridized carbons (Fsp3) is 0.450. The number of amides is 1. The Kier molecular flexibility index (Phi) is 6.26. The van der Waals surface area contributed by atoms with Crippen molar-refractivity contribution >= 4 is 23.6 Å². The molecular weight excluding hydrogens is 378 g/mol. The van der Waals surface area contributed by atoms with E-state index < -0.39 is 23.4 Å². The Morgan fingerprint density at radius 2 is 1.86 bits per heavy atom. The van der Waals surface area contributed by atoms with E-state index in [-0.39, 0.29) is 11.4 Å². The topological polar surface area (TPSA) is 121 Å². The fourth-order valence-corrected chi connectivity index (χ4v) is 3.77. The standard InChI is InChI=1S/C20H26F2N6O/c21-13-1-3-15(4-2-13)27-18(24)17(19(25)29)9-26-20(12-23)7-5-16(6-8-20)28-10-14(22)11-28/h1-4,9,12,14,16,23,26H,5-8,10-11H2,(H2,24,27)(H2,25,29)/b17-9+,23-12?. The van der Waals surface area contributed by atoms with Gasteiger partial charge in [-0.05, 0) is 49.9 Å². The molecule has 1 saturated carbocycles. The van der Waals surface area contributed by atoms with Crippen LogP contribution in [-0.2, 0) is 4.79 Å². The summed E-state index contributed by atoms with van der Waals surface area (Å²) in [6.07, 6.45) is 5.00. The Labute approximate surface area is 168 Å². The first kappa shape index (κ1) is 20.9. The number of nitrogens with zero attached hydrogens (tertiary/aromatic N) is 2. The summed E-state index contributed by atoms with van der Waals surface area (Å²) >= 11 is 0. The third-order valence-electron chi connectivity index (χ3n) is 5.63. The Balaban J connectivity index is 1.69. The van der Waals surface area contributed by atoms with Crippen LogP contribution in [-0.4, -0.2) is 53.7 Å². The molecule has 1 aliphatic carbocycles. The number of benzene rings is 1. The number of amidine groups is 1. The smallest absolute Gasteiger partial charge is 0.253 e. The number of primary amides is 1. The number of carbonyl (C=O) groups is 1. The van der Waals surface area contributed by atoms with E-state index in [1.807, 2.05) is 0 Å². The molecule has 7 nitrogen and oxygen atoms in total. The van der Waals surface area contributed by atoms with Crippen molar-refractivity contribution in [3.63, 3.8) is 0 Å². The average molecular weight is 404 g/mol. The minimum atomic E-state index is -0.760. The molecule has 0 spiro atoms. The highest BCUT2D eigenvalue weighted by atomic mass is 19.1. The summed E-state index contributed by atoms with van der Waals surface area (Å²) in [7, 11) is 0. The normalized spacial score (nSPS) is 26.6. The van der Waals surface area contributed by atoms with Crippen LogP contribution in [0.1, 0.15) is 25.7 Å². The molecule has 0 atom stereocenters. The maximum absolute atomic E-state index is 13.1. The van der Waals surface area contributed by atoms with E-state index in [1.165, 1.54) is 36.7 Å². The van der Waals surface area contributed by atoms with Crippen LogP contribution in [0.15, 0.2) is 41.0 Å². The number of carbonyl (C=O) groups excluding carboxylic acids is 1. The highest BCUT2D eigenvalue weighted by Crippen LogP contribution is 2.32. The van der Waals surface area contributed by atoms with Gasteiger partial charge in [-0.2, -0.15) is 0 Å². The van der Waals surface area contributed by atoms with Crippen molar-refractivity contribution in [2.75, 3.05) is 13.1 Å². The third-order valence-corrected chi connectivity index (χ3v) is 5.63. The van der Waals surface area contributed by atoms with Gasteiger partial charge in [-0.15, -0.1) is 0 Å². The van der Waals surface area contributed by atoms with E-state index in [4.69, 9.17) is 16.9 Å². The number of nitrogens with one attached hydrogen (secondary N) is 2. The number of rotatable bonds is 7. The van der Waals surface area contributed by atoms with Gasteiger partial charge in [0.2, 0.25) is 0 Å². The Morgan fingerprint density at radius 1 is 1.24 bits per heavy atom. The lowest BCUT2D eigenvalue weighted by atomic mass is 9.79. The van der Waals surface area contributed by atoms with Crippen LogP contribution >= 0.6 is 0 Å². The van der Waals surface area contributed by atoms with Gasteiger partial charge in [0.05, 0.1) is 16.8 Å². The van der Waals surface area contributed by atoms with Crippen LogP contribution in [0.4, 0.5) is 14.5 Å². The van der Waals surface area contributed by atoms with E-state index in [0.717, 1.165) is 12.8 Å². The second-order valence-corrected chi connectivity index (χ2v) is 7.62. The molecule has 1 aromatic rings. The second-order valence-electron chi connectivity index (χ2n) is 7.62. The third kappa shape index (κ3) is 4.97. The van der Waals surface area contributed by atoms with Gasteiger partial charge in [0.15, 0.2) is 0 Å². The maximum Gasteiger partial charge on any atom is 0.253 e. The number of aliphatic imine (C=N–C) groups is 1. The van der Waals surface area contributed by atoms with Crippen molar-refractivity contribution in [3.8, 4) is 0 Å². The number of hydrogen-bond donors (Lipinski definition) is 4. The van der Waals surface area contributed by atoms with Gasteiger partial charge < -0.3 is 22.2 Å². The largest absolute Gasteiger partial charge is 0.383 e. The van der Waals surface area contributed by atoms with E-state index in [9.17, 15) is 13.6 Å². The van der Waals surface area contributed by atoms with Gasteiger partial charge in [0, 0.05) is 31.5 Å². The van der Waals surface area contributed by atoms with Crippen LogP contribution < -0.4 is 16.8 Å². The van der Waals surface area contributed by atoms with E-state index in [2.05, 4.69) is 15.2 Å². The van der Waals surface area contributed by atoms with Gasteiger partial charge in [0.25, 0.3) is 5.91 Å². The molecule has 3 rings (SSSR count). The zero-order valence-electron chi connectivity index (χ0n) is 16.1. The molecule has 0 aromatic heterocycles. The molecule has 1 aromatic carbocycles. The van der Waals surface area contributed by atoms with Gasteiger partial charge >= 0.3 is 0 Å². The molecular formula is C20H26F2N6O. The Morgan fingerprint density at radius 3 is 2.38 bits per heavy atom. The summed E-state index contributed by atoms with van der Waals surface area (Å²) in [4.78, 5) is 18.1. The van der Waals surface area contributed by atoms with Gasteiger partial charge in [-0.3, -0.25) is 9.69 Å². The molecule has 0 unspecified atom stereocenters. The molecule has 1 saturated heterocycles. The maximum atomic E-state index is 13.1. The average Bonchev–Trinajstić information content (AvgIpc) is 2.68. The van der Waals surface area contributed by atoms with Crippen LogP contribution in [0.5, 0.6) is 0 Å². The molecule has 2 fully saturated rings.